The number of aliphatic imine (C=N–C) groups is 1. The Morgan fingerprint density at radius 1 is 1.47 bits per heavy atom. The lowest BCUT2D eigenvalue weighted by Gasteiger charge is -2.10. The third kappa shape index (κ3) is 5.95. The van der Waals surface area contributed by atoms with Gasteiger partial charge in [0.25, 0.3) is 0 Å². The smallest absolute Gasteiger partial charge is 0.239 e. The van der Waals surface area contributed by atoms with Crippen molar-refractivity contribution in [1.82, 2.24) is 16.0 Å². The summed E-state index contributed by atoms with van der Waals surface area (Å²) in [5.41, 5.74) is 0. The van der Waals surface area contributed by atoms with E-state index in [0.29, 0.717) is 18.5 Å². The minimum absolute atomic E-state index is 0. The van der Waals surface area contributed by atoms with Crippen molar-refractivity contribution in [1.29, 1.82) is 0 Å². The van der Waals surface area contributed by atoms with Gasteiger partial charge in [-0.25, -0.2) is 0 Å². The summed E-state index contributed by atoms with van der Waals surface area (Å²) in [6.45, 7) is 0.769. The molecule has 0 saturated heterocycles. The molecule has 0 aliphatic heterocycles. The van der Waals surface area contributed by atoms with Gasteiger partial charge in [-0.15, -0.1) is 24.0 Å². The summed E-state index contributed by atoms with van der Waals surface area (Å²) in [6, 6.07) is 4.09. The van der Waals surface area contributed by atoms with Crippen LogP contribution in [-0.2, 0) is 11.3 Å². The third-order valence-corrected chi connectivity index (χ3v) is 2.59. The lowest BCUT2D eigenvalue weighted by Crippen LogP contribution is -2.43. The summed E-state index contributed by atoms with van der Waals surface area (Å²) in [6.07, 6.45) is 3.81. The predicted octanol–water partition coefficient (Wildman–Crippen LogP) is 0.841. The Bertz CT molecular complexity index is 415. The van der Waals surface area contributed by atoms with E-state index in [1.165, 1.54) is 0 Å². The Hall–Kier alpha value is -1.25. The van der Waals surface area contributed by atoms with E-state index in [-0.39, 0.29) is 36.4 Å². The number of hydrogen-bond donors (Lipinski definition) is 3. The molecule has 3 N–H and O–H groups in total. The molecule has 6 nitrogen and oxygen atoms in total. The molecule has 7 heteroatoms. The lowest BCUT2D eigenvalue weighted by molar-refractivity contribution is -0.120. The number of nitrogens with one attached hydrogen (secondary N) is 3. The van der Waals surface area contributed by atoms with E-state index >= 15 is 0 Å². The highest BCUT2D eigenvalue weighted by atomic mass is 127. The van der Waals surface area contributed by atoms with E-state index in [1.807, 2.05) is 12.1 Å². The molecule has 0 radical (unpaired) electrons. The number of amides is 1. The number of carbonyl (C=O) groups excluding carboxylic acids is 1. The molecule has 1 heterocycles. The Morgan fingerprint density at radius 2 is 2.26 bits per heavy atom. The van der Waals surface area contributed by atoms with Gasteiger partial charge >= 0.3 is 0 Å². The fourth-order valence-corrected chi connectivity index (χ4v) is 1.47. The van der Waals surface area contributed by atoms with Crippen LogP contribution in [0.25, 0.3) is 0 Å². The molecule has 106 valence electrons. The van der Waals surface area contributed by atoms with Crippen molar-refractivity contribution < 1.29 is 9.21 Å². The highest BCUT2D eigenvalue weighted by molar-refractivity contribution is 14.0. The highest BCUT2D eigenvalue weighted by Crippen LogP contribution is 2.18. The first-order chi connectivity index (χ1) is 8.78. The average molecular weight is 378 g/mol. The van der Waals surface area contributed by atoms with Gasteiger partial charge in [-0.1, -0.05) is 0 Å². The normalized spacial score (nSPS) is 14.5. The molecule has 0 aromatic carbocycles. The van der Waals surface area contributed by atoms with E-state index in [0.717, 1.165) is 18.6 Å². The van der Waals surface area contributed by atoms with Gasteiger partial charge in [-0.3, -0.25) is 9.79 Å². The number of carbonyl (C=O) groups is 1. The van der Waals surface area contributed by atoms with Gasteiger partial charge in [0.2, 0.25) is 5.91 Å². The minimum atomic E-state index is -0.00144. The van der Waals surface area contributed by atoms with Gasteiger partial charge in [0.05, 0.1) is 19.4 Å². The summed E-state index contributed by atoms with van der Waals surface area (Å²) in [4.78, 5) is 15.5. The second-order valence-electron chi connectivity index (χ2n) is 4.20. The molecule has 1 aliphatic rings. The van der Waals surface area contributed by atoms with E-state index in [9.17, 15) is 4.79 Å². The average Bonchev–Trinajstić information content (AvgIpc) is 3.02. The monoisotopic (exact) mass is 378 g/mol. The number of halogens is 1. The van der Waals surface area contributed by atoms with Gasteiger partial charge in [0.15, 0.2) is 5.96 Å². The summed E-state index contributed by atoms with van der Waals surface area (Å²) >= 11 is 0. The van der Waals surface area contributed by atoms with Crippen molar-refractivity contribution in [2.75, 3.05) is 13.6 Å². The Morgan fingerprint density at radius 3 is 2.84 bits per heavy atom. The number of guanidine groups is 1. The first kappa shape index (κ1) is 15.8. The fourth-order valence-electron chi connectivity index (χ4n) is 1.47. The van der Waals surface area contributed by atoms with Gasteiger partial charge in [0.1, 0.15) is 5.76 Å². The molecular formula is C12H19IN4O2. The lowest BCUT2D eigenvalue weighted by atomic mass is 10.4. The van der Waals surface area contributed by atoms with Crippen LogP contribution < -0.4 is 16.0 Å². The molecule has 1 aromatic heterocycles. The second kappa shape index (κ2) is 8.03. The van der Waals surface area contributed by atoms with Gasteiger partial charge in [-0.2, -0.15) is 0 Å². The van der Waals surface area contributed by atoms with E-state index in [2.05, 4.69) is 20.9 Å². The molecule has 0 spiro atoms. The number of furan rings is 1. The molecule has 0 bridgehead atoms. The van der Waals surface area contributed by atoms with Crippen molar-refractivity contribution in [2.24, 2.45) is 4.99 Å². The molecule has 0 unspecified atom stereocenters. The molecule has 1 fully saturated rings. The van der Waals surface area contributed by atoms with Crippen LogP contribution in [0.1, 0.15) is 18.6 Å². The zero-order chi connectivity index (χ0) is 12.8. The predicted molar refractivity (Wildman–Crippen MR) is 83.5 cm³/mol. The maximum absolute atomic E-state index is 11.5. The van der Waals surface area contributed by atoms with Crippen molar-refractivity contribution >= 4 is 35.8 Å². The zero-order valence-corrected chi connectivity index (χ0v) is 13.1. The molecule has 1 aromatic rings. The molecule has 1 amide bonds. The minimum Gasteiger partial charge on any atom is -0.467 e. The molecule has 2 rings (SSSR count). The van der Waals surface area contributed by atoms with Crippen LogP contribution in [0.4, 0.5) is 0 Å². The Balaban J connectivity index is 0.00000180. The van der Waals surface area contributed by atoms with Crippen LogP contribution in [0, 0.1) is 0 Å². The first-order valence-electron chi connectivity index (χ1n) is 6.04. The van der Waals surface area contributed by atoms with Crippen molar-refractivity contribution in [3.05, 3.63) is 24.2 Å². The summed E-state index contributed by atoms with van der Waals surface area (Å²) in [7, 11) is 1.66. The number of rotatable bonds is 5. The van der Waals surface area contributed by atoms with Crippen LogP contribution in [0.15, 0.2) is 27.8 Å². The molecule has 1 saturated carbocycles. The SMILES string of the molecule is CN=C(NCC(=O)NC1CC1)NCc1ccco1.I. The van der Waals surface area contributed by atoms with Crippen molar-refractivity contribution in [3.8, 4) is 0 Å². The topological polar surface area (TPSA) is 78.7 Å². The Labute approximate surface area is 129 Å². The van der Waals surface area contributed by atoms with Gasteiger partial charge in [-0.05, 0) is 25.0 Å². The first-order valence-corrected chi connectivity index (χ1v) is 6.04. The third-order valence-electron chi connectivity index (χ3n) is 2.59. The zero-order valence-electron chi connectivity index (χ0n) is 10.8. The maximum Gasteiger partial charge on any atom is 0.239 e. The summed E-state index contributed by atoms with van der Waals surface area (Å²) < 4.78 is 5.19. The van der Waals surface area contributed by atoms with Crippen LogP contribution in [0.2, 0.25) is 0 Å². The standard InChI is InChI=1S/C12H18N4O2.HI/c1-13-12(14-7-10-3-2-6-18-10)15-8-11(17)16-9-4-5-9;/h2-3,6,9H,4-5,7-8H2,1H3,(H,16,17)(H2,13,14,15);1H. The molecule has 19 heavy (non-hydrogen) atoms. The van der Waals surface area contributed by atoms with E-state index in [4.69, 9.17) is 4.42 Å². The second-order valence-corrected chi connectivity index (χ2v) is 4.20. The van der Waals surface area contributed by atoms with Crippen LogP contribution >= 0.6 is 24.0 Å². The van der Waals surface area contributed by atoms with Gasteiger partial charge in [0, 0.05) is 13.1 Å². The van der Waals surface area contributed by atoms with E-state index in [1.54, 1.807) is 13.3 Å². The Kier molecular flexibility index (Phi) is 6.68. The number of hydrogen-bond acceptors (Lipinski definition) is 3. The van der Waals surface area contributed by atoms with Crippen molar-refractivity contribution in [3.63, 3.8) is 0 Å². The number of nitrogens with zero attached hydrogens (tertiary/aromatic N) is 1. The van der Waals surface area contributed by atoms with Crippen LogP contribution in [0.3, 0.4) is 0 Å². The summed E-state index contributed by atoms with van der Waals surface area (Å²) in [5, 5.41) is 8.91. The van der Waals surface area contributed by atoms with Crippen molar-refractivity contribution in [2.45, 2.75) is 25.4 Å². The molecular weight excluding hydrogens is 359 g/mol. The van der Waals surface area contributed by atoms with E-state index < -0.39 is 0 Å². The largest absolute Gasteiger partial charge is 0.467 e. The summed E-state index contributed by atoms with van der Waals surface area (Å²) in [5.74, 6) is 1.40. The van der Waals surface area contributed by atoms with Crippen LogP contribution in [0.5, 0.6) is 0 Å². The maximum atomic E-state index is 11.5. The fraction of sp³-hybridized carbons (Fsp3) is 0.500. The van der Waals surface area contributed by atoms with Gasteiger partial charge < -0.3 is 20.4 Å². The molecule has 1 aliphatic carbocycles. The molecule has 0 atom stereocenters. The quantitative estimate of drug-likeness (QED) is 0.403. The van der Waals surface area contributed by atoms with Crippen LogP contribution in [-0.4, -0.2) is 31.5 Å². The highest BCUT2D eigenvalue weighted by Gasteiger charge is 2.22.